The minimum absolute atomic E-state index is 0.406. The lowest BCUT2D eigenvalue weighted by molar-refractivity contribution is 0.405. The van der Waals surface area contributed by atoms with Crippen LogP contribution in [-0.4, -0.2) is 30.0 Å². The van der Waals surface area contributed by atoms with Crippen molar-refractivity contribution in [1.29, 1.82) is 0 Å². The highest BCUT2D eigenvalue weighted by Gasteiger charge is 2.17. The molecule has 4 nitrogen and oxygen atoms in total. The van der Waals surface area contributed by atoms with E-state index in [0.717, 1.165) is 41.2 Å². The highest BCUT2D eigenvalue weighted by molar-refractivity contribution is 8.13. The Kier molecular flexibility index (Phi) is 9.46. The Morgan fingerprint density at radius 2 is 1.38 bits per heavy atom. The minimum Gasteiger partial charge on any atom is -0.497 e. The molecule has 3 aromatic rings. The highest BCUT2D eigenvalue weighted by atomic mass is 32.2. The van der Waals surface area contributed by atoms with Gasteiger partial charge in [0.25, 0.3) is 0 Å². The standard InChI is InChI=1S/C29H36N2O2S/c1-7-34-29(30-28-22(4)9-8-10-27(28)21(2)3)31(19-23-11-15-25(32-5)16-12-23)20-24-13-17-26(33-6)18-14-24/h8-18,21H,7,19-20H2,1-6H3. The van der Waals surface area contributed by atoms with Gasteiger partial charge >= 0.3 is 0 Å². The molecule has 0 radical (unpaired) electrons. The lowest BCUT2D eigenvalue weighted by Crippen LogP contribution is -2.28. The van der Waals surface area contributed by atoms with Crippen molar-refractivity contribution in [2.24, 2.45) is 4.99 Å². The normalized spacial score (nSPS) is 11.6. The maximum Gasteiger partial charge on any atom is 0.165 e. The smallest absolute Gasteiger partial charge is 0.165 e. The molecule has 0 saturated carbocycles. The van der Waals surface area contributed by atoms with Crippen LogP contribution in [-0.2, 0) is 13.1 Å². The van der Waals surface area contributed by atoms with Crippen molar-refractivity contribution in [2.75, 3.05) is 20.0 Å². The van der Waals surface area contributed by atoms with E-state index in [4.69, 9.17) is 14.5 Å². The van der Waals surface area contributed by atoms with Gasteiger partial charge in [-0.1, -0.05) is 75.0 Å². The van der Waals surface area contributed by atoms with E-state index >= 15 is 0 Å². The van der Waals surface area contributed by atoms with E-state index in [0.29, 0.717) is 5.92 Å². The van der Waals surface area contributed by atoms with E-state index in [2.05, 4.69) is 75.1 Å². The molecule has 3 rings (SSSR count). The second kappa shape index (κ2) is 12.5. The monoisotopic (exact) mass is 476 g/mol. The number of aryl methyl sites for hydroxylation is 1. The zero-order valence-electron chi connectivity index (χ0n) is 21.2. The van der Waals surface area contributed by atoms with Gasteiger partial charge in [0.05, 0.1) is 19.9 Å². The molecule has 3 aromatic carbocycles. The molecule has 0 amide bonds. The lowest BCUT2D eigenvalue weighted by atomic mass is 9.98. The van der Waals surface area contributed by atoms with Crippen molar-refractivity contribution < 1.29 is 9.47 Å². The summed E-state index contributed by atoms with van der Waals surface area (Å²) in [7, 11) is 3.39. The topological polar surface area (TPSA) is 34.1 Å². The second-order valence-electron chi connectivity index (χ2n) is 8.55. The van der Waals surface area contributed by atoms with Crippen molar-refractivity contribution in [3.8, 4) is 11.5 Å². The van der Waals surface area contributed by atoms with Crippen LogP contribution in [0.25, 0.3) is 0 Å². The van der Waals surface area contributed by atoms with Gasteiger partial charge in [-0.15, -0.1) is 0 Å². The summed E-state index contributed by atoms with van der Waals surface area (Å²) in [5.74, 6) is 3.08. The predicted molar refractivity (Wildman–Crippen MR) is 146 cm³/mol. The molecule has 0 aliphatic heterocycles. The molecule has 0 bridgehead atoms. The van der Waals surface area contributed by atoms with Crippen LogP contribution in [0.1, 0.15) is 48.9 Å². The molecule has 0 N–H and O–H groups in total. The summed E-state index contributed by atoms with van der Waals surface area (Å²) in [4.78, 5) is 7.65. The van der Waals surface area contributed by atoms with Crippen molar-refractivity contribution in [3.05, 3.63) is 89.0 Å². The Morgan fingerprint density at radius 3 is 1.82 bits per heavy atom. The van der Waals surface area contributed by atoms with Crippen LogP contribution in [0, 0.1) is 6.92 Å². The van der Waals surface area contributed by atoms with Crippen LogP contribution in [0.3, 0.4) is 0 Å². The second-order valence-corrected chi connectivity index (χ2v) is 9.78. The number of methoxy groups -OCH3 is 2. The van der Waals surface area contributed by atoms with Gasteiger partial charge in [0.2, 0.25) is 0 Å². The number of thioether (sulfide) groups is 1. The molecule has 0 aromatic heterocycles. The van der Waals surface area contributed by atoms with Crippen LogP contribution in [0.5, 0.6) is 11.5 Å². The number of aliphatic imine (C=N–C) groups is 1. The van der Waals surface area contributed by atoms with Crippen molar-refractivity contribution in [2.45, 2.75) is 46.7 Å². The first-order chi connectivity index (χ1) is 16.4. The molecule has 0 spiro atoms. The van der Waals surface area contributed by atoms with Gasteiger partial charge in [0.15, 0.2) is 5.17 Å². The van der Waals surface area contributed by atoms with E-state index < -0.39 is 0 Å². The quantitative estimate of drug-likeness (QED) is 0.235. The number of hydrogen-bond donors (Lipinski definition) is 0. The highest BCUT2D eigenvalue weighted by Crippen LogP contribution is 2.32. The van der Waals surface area contributed by atoms with E-state index in [9.17, 15) is 0 Å². The zero-order chi connectivity index (χ0) is 24.5. The van der Waals surface area contributed by atoms with E-state index in [1.165, 1.54) is 22.3 Å². The number of benzene rings is 3. The first kappa shape index (κ1) is 25.7. The maximum atomic E-state index is 5.35. The summed E-state index contributed by atoms with van der Waals surface area (Å²) >= 11 is 1.79. The molecular formula is C29H36N2O2S. The molecule has 0 fully saturated rings. The summed E-state index contributed by atoms with van der Waals surface area (Å²) in [6, 6.07) is 23.0. The molecular weight excluding hydrogens is 440 g/mol. The molecule has 34 heavy (non-hydrogen) atoms. The number of ether oxygens (including phenoxy) is 2. The first-order valence-corrected chi connectivity index (χ1v) is 12.8. The van der Waals surface area contributed by atoms with E-state index in [1.54, 1.807) is 26.0 Å². The average Bonchev–Trinajstić information content (AvgIpc) is 2.85. The van der Waals surface area contributed by atoms with Crippen molar-refractivity contribution >= 4 is 22.6 Å². The Balaban J connectivity index is 2.03. The fourth-order valence-electron chi connectivity index (χ4n) is 3.81. The predicted octanol–water partition coefficient (Wildman–Crippen LogP) is 7.58. The van der Waals surface area contributed by atoms with Gasteiger partial charge in [-0.05, 0) is 65.1 Å². The van der Waals surface area contributed by atoms with E-state index in [-0.39, 0.29) is 0 Å². The molecule has 0 heterocycles. The van der Waals surface area contributed by atoms with Crippen molar-refractivity contribution in [3.63, 3.8) is 0 Å². The van der Waals surface area contributed by atoms with Gasteiger partial charge in [-0.2, -0.15) is 0 Å². The SMILES string of the molecule is CCSC(=Nc1c(C)cccc1C(C)C)N(Cc1ccc(OC)cc1)Cc1ccc(OC)cc1. The first-order valence-electron chi connectivity index (χ1n) is 11.8. The Hall–Kier alpha value is -2.92. The number of rotatable bonds is 9. The fourth-order valence-corrected chi connectivity index (χ4v) is 4.54. The van der Waals surface area contributed by atoms with E-state index in [1.807, 2.05) is 24.3 Å². The molecule has 180 valence electrons. The number of hydrogen-bond acceptors (Lipinski definition) is 4. The van der Waals surface area contributed by atoms with Crippen LogP contribution in [0.2, 0.25) is 0 Å². The van der Waals surface area contributed by atoms with Gasteiger partial charge in [0, 0.05) is 13.1 Å². The van der Waals surface area contributed by atoms with Gasteiger partial charge in [-0.25, -0.2) is 4.99 Å². The zero-order valence-corrected chi connectivity index (χ0v) is 22.0. The van der Waals surface area contributed by atoms with Crippen molar-refractivity contribution in [1.82, 2.24) is 4.90 Å². The Bertz CT molecular complexity index is 1030. The summed E-state index contributed by atoms with van der Waals surface area (Å²) in [6.07, 6.45) is 0. The van der Waals surface area contributed by atoms with Crippen LogP contribution in [0.4, 0.5) is 5.69 Å². The third-order valence-electron chi connectivity index (χ3n) is 5.71. The maximum absolute atomic E-state index is 5.35. The largest absolute Gasteiger partial charge is 0.497 e. The third-order valence-corrected chi connectivity index (χ3v) is 6.60. The molecule has 0 aliphatic rings. The van der Waals surface area contributed by atoms with Gasteiger partial charge in [0.1, 0.15) is 11.5 Å². The summed E-state index contributed by atoms with van der Waals surface area (Å²) in [6.45, 7) is 10.3. The van der Waals surface area contributed by atoms with Gasteiger partial charge in [-0.3, -0.25) is 0 Å². The summed E-state index contributed by atoms with van der Waals surface area (Å²) in [5.41, 5.74) is 6.00. The van der Waals surface area contributed by atoms with Crippen LogP contribution in [0.15, 0.2) is 71.7 Å². The average molecular weight is 477 g/mol. The number of para-hydroxylation sites is 1. The van der Waals surface area contributed by atoms with Crippen LogP contribution < -0.4 is 9.47 Å². The molecule has 0 atom stereocenters. The lowest BCUT2D eigenvalue weighted by Gasteiger charge is -2.27. The summed E-state index contributed by atoms with van der Waals surface area (Å²) in [5, 5.41) is 1.03. The number of nitrogens with zero attached hydrogens (tertiary/aromatic N) is 2. The Labute approximate surface area is 209 Å². The Morgan fingerprint density at radius 1 is 0.853 bits per heavy atom. The fraction of sp³-hybridized carbons (Fsp3) is 0.345. The van der Waals surface area contributed by atoms with Gasteiger partial charge < -0.3 is 14.4 Å². The molecule has 0 unspecified atom stereocenters. The number of amidine groups is 1. The summed E-state index contributed by atoms with van der Waals surface area (Å²) < 4.78 is 10.7. The minimum atomic E-state index is 0.406. The van der Waals surface area contributed by atoms with Crippen LogP contribution >= 0.6 is 11.8 Å². The molecule has 0 saturated heterocycles. The molecule has 5 heteroatoms. The third kappa shape index (κ3) is 6.80. The molecule has 0 aliphatic carbocycles.